The lowest BCUT2D eigenvalue weighted by atomic mass is 9.82. The second-order valence-electron chi connectivity index (χ2n) is 7.58. The average molecular weight is 440 g/mol. The standard InChI is InChI=1S/C22H26BrN5/c23-20-14-26-22(27-19-10-9-17-3-1-2-4-18(17)11-19)28-21(20)25-13-16-7-5-15(12-24)6-8-16/h1-4,9-11,14-16H,5-8,12-13,24H2,(H2,25,26,27,28). The normalized spacial score (nSPS) is 19.5. The maximum absolute atomic E-state index is 5.80. The van der Waals surface area contributed by atoms with Crippen LogP contribution in [0.3, 0.4) is 0 Å². The number of halogens is 1. The summed E-state index contributed by atoms with van der Waals surface area (Å²) in [6, 6.07) is 14.6. The summed E-state index contributed by atoms with van der Waals surface area (Å²) in [6.45, 7) is 1.75. The van der Waals surface area contributed by atoms with Gasteiger partial charge in [-0.05, 0) is 82.9 Å². The van der Waals surface area contributed by atoms with Gasteiger partial charge in [-0.3, -0.25) is 0 Å². The van der Waals surface area contributed by atoms with Gasteiger partial charge < -0.3 is 16.4 Å². The second kappa shape index (κ2) is 8.88. The molecular weight excluding hydrogens is 414 g/mol. The Bertz CT molecular complexity index is 937. The van der Waals surface area contributed by atoms with E-state index < -0.39 is 0 Å². The zero-order chi connectivity index (χ0) is 19.3. The Morgan fingerprint density at radius 2 is 1.75 bits per heavy atom. The minimum absolute atomic E-state index is 0.591. The fourth-order valence-corrected chi connectivity index (χ4v) is 4.19. The van der Waals surface area contributed by atoms with Gasteiger partial charge in [-0.25, -0.2) is 4.98 Å². The Labute approximate surface area is 174 Å². The fourth-order valence-electron chi connectivity index (χ4n) is 3.86. The van der Waals surface area contributed by atoms with E-state index in [1.165, 1.54) is 36.5 Å². The first kappa shape index (κ1) is 19.2. The number of aromatic nitrogens is 2. The van der Waals surface area contributed by atoms with Gasteiger partial charge in [-0.2, -0.15) is 4.98 Å². The van der Waals surface area contributed by atoms with Gasteiger partial charge in [0.25, 0.3) is 0 Å². The molecule has 146 valence electrons. The van der Waals surface area contributed by atoms with Crippen molar-refractivity contribution in [3.63, 3.8) is 0 Å². The highest BCUT2D eigenvalue weighted by Crippen LogP contribution is 2.29. The van der Waals surface area contributed by atoms with E-state index in [4.69, 9.17) is 5.73 Å². The van der Waals surface area contributed by atoms with E-state index in [1.54, 1.807) is 6.20 Å². The zero-order valence-electron chi connectivity index (χ0n) is 15.9. The van der Waals surface area contributed by atoms with Crippen molar-refractivity contribution >= 4 is 44.2 Å². The monoisotopic (exact) mass is 439 g/mol. The SMILES string of the molecule is NCC1CCC(CNc2nc(Nc3ccc4ccccc4c3)ncc2Br)CC1. The molecule has 28 heavy (non-hydrogen) atoms. The lowest BCUT2D eigenvalue weighted by Gasteiger charge is -2.27. The highest BCUT2D eigenvalue weighted by atomic mass is 79.9. The van der Waals surface area contributed by atoms with Crippen LogP contribution in [0.1, 0.15) is 25.7 Å². The van der Waals surface area contributed by atoms with Gasteiger partial charge in [0.2, 0.25) is 5.95 Å². The second-order valence-corrected chi connectivity index (χ2v) is 8.43. The maximum atomic E-state index is 5.80. The number of benzene rings is 2. The molecule has 4 N–H and O–H groups in total. The predicted octanol–water partition coefficient (Wildman–Crippen LogP) is 5.31. The smallest absolute Gasteiger partial charge is 0.229 e. The molecular formula is C22H26BrN5. The third kappa shape index (κ3) is 4.62. The molecule has 0 saturated heterocycles. The molecule has 4 rings (SSSR count). The molecule has 1 heterocycles. The number of nitrogens with zero attached hydrogens (tertiary/aromatic N) is 2. The van der Waals surface area contributed by atoms with Crippen molar-refractivity contribution in [1.29, 1.82) is 0 Å². The average Bonchev–Trinajstić information content (AvgIpc) is 2.74. The predicted molar refractivity (Wildman–Crippen MR) is 120 cm³/mol. The molecule has 1 aromatic heterocycles. The van der Waals surface area contributed by atoms with E-state index in [0.717, 1.165) is 29.1 Å². The van der Waals surface area contributed by atoms with Crippen molar-refractivity contribution in [2.75, 3.05) is 23.7 Å². The van der Waals surface area contributed by atoms with Crippen molar-refractivity contribution in [2.45, 2.75) is 25.7 Å². The van der Waals surface area contributed by atoms with E-state index in [1.807, 2.05) is 12.1 Å². The molecule has 1 saturated carbocycles. The molecule has 1 fully saturated rings. The molecule has 0 amide bonds. The van der Waals surface area contributed by atoms with Crippen LogP contribution in [0.2, 0.25) is 0 Å². The number of hydrogen-bond acceptors (Lipinski definition) is 5. The minimum Gasteiger partial charge on any atom is -0.369 e. The number of nitrogens with one attached hydrogen (secondary N) is 2. The van der Waals surface area contributed by atoms with Crippen LogP contribution in [0.4, 0.5) is 17.5 Å². The fraction of sp³-hybridized carbons (Fsp3) is 0.364. The maximum Gasteiger partial charge on any atom is 0.229 e. The quantitative estimate of drug-likeness (QED) is 0.484. The lowest BCUT2D eigenvalue weighted by Crippen LogP contribution is -2.25. The Kier molecular flexibility index (Phi) is 6.07. The highest BCUT2D eigenvalue weighted by Gasteiger charge is 2.20. The van der Waals surface area contributed by atoms with Crippen LogP contribution in [0.25, 0.3) is 10.8 Å². The molecule has 0 aliphatic heterocycles. The summed E-state index contributed by atoms with van der Waals surface area (Å²) in [7, 11) is 0. The summed E-state index contributed by atoms with van der Waals surface area (Å²) in [5.74, 6) is 2.81. The van der Waals surface area contributed by atoms with E-state index in [2.05, 4.69) is 66.9 Å². The van der Waals surface area contributed by atoms with E-state index in [0.29, 0.717) is 17.8 Å². The zero-order valence-corrected chi connectivity index (χ0v) is 17.5. The highest BCUT2D eigenvalue weighted by molar-refractivity contribution is 9.10. The Morgan fingerprint density at radius 3 is 2.54 bits per heavy atom. The summed E-state index contributed by atoms with van der Waals surface area (Å²) >= 11 is 3.56. The van der Waals surface area contributed by atoms with E-state index in [9.17, 15) is 0 Å². The van der Waals surface area contributed by atoms with Crippen LogP contribution >= 0.6 is 15.9 Å². The molecule has 0 bridgehead atoms. The lowest BCUT2D eigenvalue weighted by molar-refractivity contribution is 0.289. The number of fused-ring (bicyclic) bond motifs is 1. The first-order chi connectivity index (χ1) is 13.7. The molecule has 0 unspecified atom stereocenters. The van der Waals surface area contributed by atoms with E-state index >= 15 is 0 Å². The minimum atomic E-state index is 0.591. The van der Waals surface area contributed by atoms with Crippen molar-refractivity contribution < 1.29 is 0 Å². The van der Waals surface area contributed by atoms with Gasteiger partial charge in [-0.1, -0.05) is 30.3 Å². The molecule has 5 nitrogen and oxygen atoms in total. The van der Waals surface area contributed by atoms with Gasteiger partial charge in [0, 0.05) is 18.4 Å². The summed E-state index contributed by atoms with van der Waals surface area (Å²) in [5, 5.41) is 9.23. The first-order valence-corrected chi connectivity index (χ1v) is 10.7. The van der Waals surface area contributed by atoms with Crippen LogP contribution < -0.4 is 16.4 Å². The number of nitrogens with two attached hydrogens (primary N) is 1. The number of rotatable bonds is 6. The first-order valence-electron chi connectivity index (χ1n) is 9.93. The molecule has 3 aromatic rings. The van der Waals surface area contributed by atoms with Crippen molar-refractivity contribution in [3.8, 4) is 0 Å². The molecule has 1 aliphatic carbocycles. The summed E-state index contributed by atoms with van der Waals surface area (Å²) in [6.07, 6.45) is 6.74. The van der Waals surface area contributed by atoms with Gasteiger partial charge in [-0.15, -0.1) is 0 Å². The van der Waals surface area contributed by atoms with Crippen LogP contribution in [-0.2, 0) is 0 Å². The molecule has 1 aliphatic rings. The Balaban J connectivity index is 1.41. The molecule has 0 atom stereocenters. The van der Waals surface area contributed by atoms with Crippen LogP contribution in [-0.4, -0.2) is 23.1 Å². The van der Waals surface area contributed by atoms with Crippen LogP contribution in [0, 0.1) is 11.8 Å². The summed E-state index contributed by atoms with van der Waals surface area (Å²) < 4.78 is 0.882. The largest absolute Gasteiger partial charge is 0.369 e. The van der Waals surface area contributed by atoms with Crippen molar-refractivity contribution in [3.05, 3.63) is 53.1 Å². The summed E-state index contributed by atoms with van der Waals surface area (Å²) in [4.78, 5) is 9.07. The molecule has 0 radical (unpaired) electrons. The van der Waals surface area contributed by atoms with Gasteiger partial charge in [0.1, 0.15) is 5.82 Å². The molecule has 0 spiro atoms. The molecule has 6 heteroatoms. The molecule has 2 aromatic carbocycles. The topological polar surface area (TPSA) is 75.9 Å². The van der Waals surface area contributed by atoms with Crippen molar-refractivity contribution in [2.24, 2.45) is 17.6 Å². The van der Waals surface area contributed by atoms with Gasteiger partial charge in [0.15, 0.2) is 0 Å². The van der Waals surface area contributed by atoms with Crippen molar-refractivity contribution in [1.82, 2.24) is 9.97 Å². The van der Waals surface area contributed by atoms with E-state index in [-0.39, 0.29) is 0 Å². The van der Waals surface area contributed by atoms with Crippen LogP contribution in [0.5, 0.6) is 0 Å². The van der Waals surface area contributed by atoms with Gasteiger partial charge in [0.05, 0.1) is 4.47 Å². The summed E-state index contributed by atoms with van der Waals surface area (Å²) in [5.41, 5.74) is 6.78. The number of hydrogen-bond donors (Lipinski definition) is 3. The third-order valence-corrected chi connectivity index (χ3v) is 6.19. The third-order valence-electron chi connectivity index (χ3n) is 5.61. The van der Waals surface area contributed by atoms with Crippen LogP contribution in [0.15, 0.2) is 53.1 Å². The van der Waals surface area contributed by atoms with Gasteiger partial charge >= 0.3 is 0 Å². The Morgan fingerprint density at radius 1 is 1.00 bits per heavy atom. The number of anilines is 3. The Hall–Kier alpha value is -2.18.